The first-order valence-corrected chi connectivity index (χ1v) is 10.8. The molecule has 150 valence electrons. The van der Waals surface area contributed by atoms with Crippen LogP contribution < -0.4 is 10.3 Å². The fourth-order valence-corrected chi connectivity index (χ4v) is 4.09. The largest absolute Gasteiger partial charge is 0.484 e. The summed E-state index contributed by atoms with van der Waals surface area (Å²) in [5, 5.41) is 0.544. The Hall–Kier alpha value is -2.07. The second kappa shape index (κ2) is 8.95. The molecule has 0 saturated heterocycles. The van der Waals surface area contributed by atoms with E-state index in [0.29, 0.717) is 21.9 Å². The highest BCUT2D eigenvalue weighted by molar-refractivity contribution is 7.99. The van der Waals surface area contributed by atoms with Gasteiger partial charge in [-0.2, -0.15) is 24.9 Å². The lowest BCUT2D eigenvalue weighted by Crippen LogP contribution is -2.22. The second-order valence-electron chi connectivity index (χ2n) is 5.87. The molecule has 2 aromatic heterocycles. The van der Waals surface area contributed by atoms with Crippen LogP contribution in [0.3, 0.4) is 0 Å². The van der Waals surface area contributed by atoms with Crippen molar-refractivity contribution in [2.24, 2.45) is 0 Å². The van der Waals surface area contributed by atoms with Crippen LogP contribution in [-0.4, -0.2) is 45.1 Å². The van der Waals surface area contributed by atoms with E-state index in [0.717, 1.165) is 17.9 Å². The third-order valence-electron chi connectivity index (χ3n) is 3.77. The van der Waals surface area contributed by atoms with Crippen LogP contribution in [0, 0.1) is 0 Å². The van der Waals surface area contributed by atoms with Crippen molar-refractivity contribution in [2.45, 2.75) is 17.8 Å². The number of ether oxygens (including phenoxy) is 1. The molecule has 0 bridgehead atoms. The molecule has 3 aromatic rings. The van der Waals surface area contributed by atoms with Crippen molar-refractivity contribution in [1.82, 2.24) is 14.5 Å². The lowest BCUT2D eigenvalue weighted by atomic mass is 10.3. The molecule has 2 heterocycles. The van der Waals surface area contributed by atoms with Crippen molar-refractivity contribution in [3.8, 4) is 11.4 Å². The third kappa shape index (κ3) is 5.05. The van der Waals surface area contributed by atoms with Crippen molar-refractivity contribution in [3.63, 3.8) is 0 Å². The van der Waals surface area contributed by atoms with Gasteiger partial charge in [0.1, 0.15) is 11.3 Å². The normalized spacial score (nSPS) is 11.9. The van der Waals surface area contributed by atoms with E-state index >= 15 is 0 Å². The summed E-state index contributed by atoms with van der Waals surface area (Å²) in [6.45, 7) is -1.36. The number of halogens is 3. The molecule has 3 rings (SSSR count). The highest BCUT2D eigenvalue weighted by Crippen LogP contribution is 2.24. The number of aromatic nitrogens is 3. The van der Waals surface area contributed by atoms with Crippen LogP contribution >= 0.6 is 23.5 Å². The molecule has 0 unspecified atom stereocenters. The van der Waals surface area contributed by atoms with E-state index in [1.54, 1.807) is 36.2 Å². The molecule has 5 nitrogen and oxygen atoms in total. The Morgan fingerprint density at radius 2 is 1.93 bits per heavy atom. The number of thioether (sulfide) groups is 2. The van der Waals surface area contributed by atoms with Gasteiger partial charge in [-0.05, 0) is 48.8 Å². The van der Waals surface area contributed by atoms with E-state index in [2.05, 4.69) is 9.97 Å². The highest BCUT2D eigenvalue weighted by atomic mass is 32.2. The number of benzene rings is 1. The average molecular weight is 429 g/mol. The maximum absolute atomic E-state index is 12.9. The molecule has 0 amide bonds. The number of fused-ring (bicyclic) bond motifs is 1. The number of alkyl halides is 3. The Morgan fingerprint density at radius 1 is 1.18 bits per heavy atom. The molecule has 1 aromatic carbocycles. The molecule has 0 spiro atoms. The van der Waals surface area contributed by atoms with Crippen LogP contribution in [0.15, 0.2) is 46.5 Å². The van der Waals surface area contributed by atoms with E-state index < -0.39 is 12.8 Å². The zero-order chi connectivity index (χ0) is 20.1. The van der Waals surface area contributed by atoms with E-state index in [9.17, 15) is 18.0 Å². The Bertz CT molecular complexity index is 984. The lowest BCUT2D eigenvalue weighted by Gasteiger charge is -2.13. The summed E-state index contributed by atoms with van der Waals surface area (Å²) in [5.74, 6) is 1.89. The molecular weight excluding hydrogens is 411 g/mol. The molecule has 0 aliphatic carbocycles. The smallest absolute Gasteiger partial charge is 0.422 e. The fourth-order valence-electron chi connectivity index (χ4n) is 2.53. The van der Waals surface area contributed by atoms with Gasteiger partial charge < -0.3 is 9.72 Å². The molecule has 28 heavy (non-hydrogen) atoms. The highest BCUT2D eigenvalue weighted by Gasteiger charge is 2.28. The van der Waals surface area contributed by atoms with Crippen LogP contribution in [0.2, 0.25) is 0 Å². The van der Waals surface area contributed by atoms with Gasteiger partial charge in [-0.15, -0.1) is 0 Å². The Morgan fingerprint density at radius 3 is 2.61 bits per heavy atom. The summed E-state index contributed by atoms with van der Waals surface area (Å²) in [6, 6.07) is 7.66. The van der Waals surface area contributed by atoms with Gasteiger partial charge >= 0.3 is 6.18 Å². The summed E-state index contributed by atoms with van der Waals surface area (Å²) in [7, 11) is 0. The van der Waals surface area contributed by atoms with Gasteiger partial charge in [-0.25, -0.2) is 4.98 Å². The minimum absolute atomic E-state index is 0.0807. The predicted octanol–water partition coefficient (Wildman–Crippen LogP) is 4.50. The Labute approximate surface area is 167 Å². The van der Waals surface area contributed by atoms with Crippen LogP contribution in [0.5, 0.6) is 5.75 Å². The first kappa shape index (κ1) is 20.7. The maximum atomic E-state index is 12.9. The number of rotatable bonds is 8. The number of H-pyrrole nitrogens is 1. The summed E-state index contributed by atoms with van der Waals surface area (Å²) in [6.07, 6.45) is 0.253. The fraction of sp³-hybridized carbons (Fsp3) is 0.333. The van der Waals surface area contributed by atoms with Gasteiger partial charge in [-0.3, -0.25) is 9.36 Å². The molecule has 0 atom stereocenters. The quantitative estimate of drug-likeness (QED) is 0.325. The average Bonchev–Trinajstić information content (AvgIpc) is 3.13. The van der Waals surface area contributed by atoms with Crippen LogP contribution in [0.1, 0.15) is 6.42 Å². The van der Waals surface area contributed by atoms with E-state index in [-0.39, 0.29) is 11.3 Å². The number of nitrogens with zero attached hydrogens (tertiary/aromatic N) is 2. The lowest BCUT2D eigenvalue weighted by molar-refractivity contribution is -0.153. The number of aromatic amines is 1. The monoisotopic (exact) mass is 429 g/mol. The van der Waals surface area contributed by atoms with Gasteiger partial charge in [0.25, 0.3) is 5.56 Å². The number of nitrogens with one attached hydrogen (secondary N) is 1. The van der Waals surface area contributed by atoms with Gasteiger partial charge in [0.2, 0.25) is 0 Å². The zero-order valence-electron chi connectivity index (χ0n) is 15.0. The SMILES string of the molecule is CSCCCSc1nc2cc[nH]c2c(=O)n1-c1ccc(OCC(F)(F)F)cc1. The minimum Gasteiger partial charge on any atom is -0.484 e. The van der Waals surface area contributed by atoms with Gasteiger partial charge in [0.05, 0.1) is 11.2 Å². The Kier molecular flexibility index (Phi) is 6.61. The summed E-state index contributed by atoms with van der Waals surface area (Å²) < 4.78 is 43.1. The maximum Gasteiger partial charge on any atom is 0.422 e. The molecule has 0 aliphatic rings. The van der Waals surface area contributed by atoms with Crippen molar-refractivity contribution in [1.29, 1.82) is 0 Å². The summed E-state index contributed by atoms with van der Waals surface area (Å²) in [5.41, 5.74) is 1.22. The van der Waals surface area contributed by atoms with Gasteiger partial charge in [-0.1, -0.05) is 11.8 Å². The van der Waals surface area contributed by atoms with E-state index in [1.165, 1.54) is 28.5 Å². The van der Waals surface area contributed by atoms with Gasteiger partial charge in [0, 0.05) is 11.9 Å². The van der Waals surface area contributed by atoms with Crippen LogP contribution in [0.25, 0.3) is 16.7 Å². The van der Waals surface area contributed by atoms with Crippen molar-refractivity contribution in [2.75, 3.05) is 24.4 Å². The zero-order valence-corrected chi connectivity index (χ0v) is 16.6. The molecule has 0 radical (unpaired) electrons. The standard InChI is InChI=1S/C18H18F3N3O2S2/c1-27-9-2-10-28-17-23-14-7-8-22-15(14)16(25)24(17)12-3-5-13(6-4-12)26-11-18(19,20)21/h3-8,22H,2,9-11H2,1H3. The van der Waals surface area contributed by atoms with Crippen molar-refractivity contribution < 1.29 is 17.9 Å². The first-order valence-electron chi connectivity index (χ1n) is 8.41. The summed E-state index contributed by atoms with van der Waals surface area (Å²) >= 11 is 3.23. The predicted molar refractivity (Wildman–Crippen MR) is 107 cm³/mol. The third-order valence-corrected chi connectivity index (χ3v) is 5.49. The second-order valence-corrected chi connectivity index (χ2v) is 7.91. The summed E-state index contributed by atoms with van der Waals surface area (Å²) in [4.78, 5) is 20.4. The molecule has 10 heteroatoms. The van der Waals surface area contributed by atoms with Crippen LogP contribution in [-0.2, 0) is 0 Å². The molecule has 0 fully saturated rings. The van der Waals surface area contributed by atoms with E-state index in [4.69, 9.17) is 4.74 Å². The van der Waals surface area contributed by atoms with E-state index in [1.807, 2.05) is 6.26 Å². The van der Waals surface area contributed by atoms with Crippen molar-refractivity contribution in [3.05, 3.63) is 46.9 Å². The topological polar surface area (TPSA) is 59.9 Å². The molecule has 0 aliphatic heterocycles. The first-order chi connectivity index (χ1) is 13.4. The van der Waals surface area contributed by atoms with Gasteiger partial charge in [0.15, 0.2) is 11.8 Å². The number of hydrogen-bond acceptors (Lipinski definition) is 5. The van der Waals surface area contributed by atoms with Crippen molar-refractivity contribution >= 4 is 34.6 Å². The Balaban J connectivity index is 1.91. The molecule has 1 N–H and O–H groups in total. The minimum atomic E-state index is -4.40. The molecular formula is C18H18F3N3O2S2. The molecule has 0 saturated carbocycles. The number of hydrogen-bond donors (Lipinski definition) is 1. The van der Waals surface area contributed by atoms with Crippen LogP contribution in [0.4, 0.5) is 13.2 Å².